The van der Waals surface area contributed by atoms with Crippen LogP contribution in [0.2, 0.25) is 0 Å². The van der Waals surface area contributed by atoms with Crippen LogP contribution in [0, 0.1) is 11.5 Å². The molecule has 7 heteroatoms. The fourth-order valence-corrected chi connectivity index (χ4v) is 2.39. The molecule has 1 aromatic rings. The monoisotopic (exact) mass is 325 g/mol. The molecule has 112 valence electrons. The third-order valence-corrected chi connectivity index (χ3v) is 3.74. The van der Waals surface area contributed by atoms with Crippen LogP contribution in [0.1, 0.15) is 15.9 Å². The minimum atomic E-state index is -0.739. The number of rotatable bonds is 6. The third-order valence-electron chi connectivity index (χ3n) is 2.76. The van der Waals surface area contributed by atoms with Crippen molar-refractivity contribution in [2.45, 2.75) is 11.9 Å². The van der Waals surface area contributed by atoms with Gasteiger partial charge in [0.15, 0.2) is 6.19 Å². The zero-order valence-electron chi connectivity index (χ0n) is 11.8. The molecule has 0 aliphatic heterocycles. The summed E-state index contributed by atoms with van der Waals surface area (Å²) in [6.07, 6.45) is 3.57. The molecule has 5 nitrogen and oxygen atoms in total. The van der Waals surface area contributed by atoms with Gasteiger partial charge in [-0.1, -0.05) is 12.1 Å². The molecule has 0 fully saturated rings. The number of hydrogen-bond donors (Lipinski definition) is 1. The molecular formula is C14H16ClN3O2S. The number of hydrogen-bond acceptors (Lipinski definition) is 4. The number of halogens is 1. The number of likely N-dealkylation sites (N-methyl/N-ethyl adjacent to an activating group) is 1. The van der Waals surface area contributed by atoms with E-state index in [2.05, 4.69) is 5.32 Å². The zero-order valence-corrected chi connectivity index (χ0v) is 13.4. The average Bonchev–Trinajstić information content (AvgIpc) is 2.52. The lowest BCUT2D eigenvalue weighted by atomic mass is 10.1. The van der Waals surface area contributed by atoms with E-state index in [4.69, 9.17) is 16.9 Å². The lowest BCUT2D eigenvalue weighted by molar-refractivity contribution is -0.128. The van der Waals surface area contributed by atoms with Gasteiger partial charge in [0.1, 0.15) is 6.04 Å². The highest BCUT2D eigenvalue weighted by atomic mass is 35.5. The van der Waals surface area contributed by atoms with E-state index in [1.54, 1.807) is 24.4 Å². The standard InChI is InChI=1S/C14H16ClN3O2S/c1-18(9-16)14(20)12(8-21-2)17-13(19)11-5-3-4-10(6-11)7-15/h3-6,12H,7-8H2,1-2H3,(H,17,19). The molecule has 1 atom stereocenters. The number of carbonyl (C=O) groups excluding carboxylic acids is 2. The van der Waals surface area contributed by atoms with E-state index in [0.29, 0.717) is 17.2 Å². The van der Waals surface area contributed by atoms with Crippen LogP contribution in [0.15, 0.2) is 24.3 Å². The van der Waals surface area contributed by atoms with E-state index >= 15 is 0 Å². The fourth-order valence-electron chi connectivity index (χ4n) is 1.66. The molecule has 2 amide bonds. The predicted octanol–water partition coefficient (Wildman–Crippen LogP) is 1.83. The zero-order chi connectivity index (χ0) is 15.8. The van der Waals surface area contributed by atoms with Crippen LogP contribution < -0.4 is 5.32 Å². The number of nitriles is 1. The summed E-state index contributed by atoms with van der Waals surface area (Å²) in [5.74, 6) is -0.0912. The Hall–Kier alpha value is -1.71. The van der Waals surface area contributed by atoms with Crippen LogP contribution >= 0.6 is 23.4 Å². The molecule has 1 unspecified atom stereocenters. The summed E-state index contributed by atoms with van der Waals surface area (Å²) in [4.78, 5) is 25.1. The van der Waals surface area contributed by atoms with Crippen LogP contribution in [-0.4, -0.2) is 41.8 Å². The molecule has 1 rings (SSSR count). The Morgan fingerprint density at radius 2 is 2.24 bits per heavy atom. The maximum Gasteiger partial charge on any atom is 0.258 e. The highest BCUT2D eigenvalue weighted by molar-refractivity contribution is 7.98. The van der Waals surface area contributed by atoms with Crippen molar-refractivity contribution < 1.29 is 9.59 Å². The fraction of sp³-hybridized carbons (Fsp3) is 0.357. The van der Waals surface area contributed by atoms with Crippen LogP contribution in [0.25, 0.3) is 0 Å². The maximum atomic E-state index is 12.2. The highest BCUT2D eigenvalue weighted by Gasteiger charge is 2.24. The number of alkyl halides is 1. The highest BCUT2D eigenvalue weighted by Crippen LogP contribution is 2.09. The summed E-state index contributed by atoms with van der Waals surface area (Å²) in [5, 5.41) is 11.4. The second-order valence-electron chi connectivity index (χ2n) is 4.31. The Balaban J connectivity index is 2.85. The normalized spacial score (nSPS) is 11.3. The van der Waals surface area contributed by atoms with E-state index < -0.39 is 11.9 Å². The van der Waals surface area contributed by atoms with E-state index in [1.807, 2.05) is 12.3 Å². The first kappa shape index (κ1) is 17.3. The first-order chi connectivity index (χ1) is 10.0. The van der Waals surface area contributed by atoms with Gasteiger partial charge in [0.05, 0.1) is 0 Å². The van der Waals surface area contributed by atoms with Gasteiger partial charge >= 0.3 is 0 Å². The van der Waals surface area contributed by atoms with E-state index in [9.17, 15) is 9.59 Å². The van der Waals surface area contributed by atoms with Crippen LogP contribution in [0.5, 0.6) is 0 Å². The van der Waals surface area contributed by atoms with Gasteiger partial charge in [-0.2, -0.15) is 17.0 Å². The Labute approximate surface area is 133 Å². The number of amides is 2. The Morgan fingerprint density at radius 3 is 2.81 bits per heavy atom. The first-order valence-corrected chi connectivity index (χ1v) is 8.08. The maximum absolute atomic E-state index is 12.2. The smallest absolute Gasteiger partial charge is 0.258 e. The molecule has 0 saturated carbocycles. The molecule has 0 aliphatic rings. The van der Waals surface area contributed by atoms with Gasteiger partial charge in [-0.25, -0.2) is 0 Å². The number of nitrogens with one attached hydrogen (secondary N) is 1. The second-order valence-corrected chi connectivity index (χ2v) is 5.49. The summed E-state index contributed by atoms with van der Waals surface area (Å²) in [6, 6.07) is 6.14. The molecule has 1 aromatic carbocycles. The second kappa shape index (κ2) is 8.55. The van der Waals surface area contributed by atoms with Crippen molar-refractivity contribution in [3.8, 4) is 6.19 Å². The van der Waals surface area contributed by atoms with Crippen molar-refractivity contribution in [3.63, 3.8) is 0 Å². The summed E-state index contributed by atoms with van der Waals surface area (Å²) in [7, 11) is 1.37. The van der Waals surface area contributed by atoms with Crippen LogP contribution in [0.3, 0.4) is 0 Å². The summed E-state index contributed by atoms with van der Waals surface area (Å²) in [6.45, 7) is 0. The predicted molar refractivity (Wildman–Crippen MR) is 84.0 cm³/mol. The summed E-state index contributed by atoms with van der Waals surface area (Å²) >= 11 is 7.16. The molecule has 0 saturated heterocycles. The van der Waals surface area contributed by atoms with Gasteiger partial charge < -0.3 is 5.32 Å². The van der Waals surface area contributed by atoms with Crippen molar-refractivity contribution in [3.05, 3.63) is 35.4 Å². The third kappa shape index (κ3) is 4.96. The van der Waals surface area contributed by atoms with Gasteiger partial charge in [-0.15, -0.1) is 11.6 Å². The lowest BCUT2D eigenvalue weighted by Gasteiger charge is -2.19. The van der Waals surface area contributed by atoms with Crippen molar-refractivity contribution in [1.82, 2.24) is 10.2 Å². The summed E-state index contributed by atoms with van der Waals surface area (Å²) < 4.78 is 0. The molecule has 0 radical (unpaired) electrons. The SMILES string of the molecule is CSCC(NC(=O)c1cccc(CCl)c1)C(=O)N(C)C#N. The molecule has 0 aliphatic carbocycles. The number of carbonyl (C=O) groups is 2. The topological polar surface area (TPSA) is 73.2 Å². The van der Waals surface area contributed by atoms with E-state index in [1.165, 1.54) is 18.8 Å². The number of thioether (sulfide) groups is 1. The molecule has 1 N–H and O–H groups in total. The van der Waals surface area contributed by atoms with E-state index in [-0.39, 0.29) is 5.91 Å². The van der Waals surface area contributed by atoms with Gasteiger partial charge in [0.25, 0.3) is 11.8 Å². The summed E-state index contributed by atoms with van der Waals surface area (Å²) in [5.41, 5.74) is 1.26. The van der Waals surface area contributed by atoms with E-state index in [0.717, 1.165) is 10.5 Å². The van der Waals surface area contributed by atoms with Gasteiger partial charge in [0.2, 0.25) is 0 Å². The Bertz CT molecular complexity index is 559. The quantitative estimate of drug-likeness (QED) is 0.492. The largest absolute Gasteiger partial charge is 0.339 e. The van der Waals surface area contributed by atoms with Gasteiger partial charge in [-0.3, -0.25) is 14.5 Å². The minimum absolute atomic E-state index is 0.311. The Kier molecular flexibility index (Phi) is 7.06. The van der Waals surface area contributed by atoms with Crippen molar-refractivity contribution in [2.24, 2.45) is 0 Å². The first-order valence-electron chi connectivity index (χ1n) is 6.15. The molecule has 21 heavy (non-hydrogen) atoms. The van der Waals surface area contributed by atoms with Gasteiger partial charge in [-0.05, 0) is 24.0 Å². The van der Waals surface area contributed by atoms with Crippen molar-refractivity contribution >= 4 is 35.2 Å². The molecule has 0 spiro atoms. The molecule has 0 aromatic heterocycles. The van der Waals surface area contributed by atoms with Crippen LogP contribution in [-0.2, 0) is 10.7 Å². The van der Waals surface area contributed by atoms with Crippen LogP contribution in [0.4, 0.5) is 0 Å². The number of benzene rings is 1. The van der Waals surface area contributed by atoms with Crippen molar-refractivity contribution in [1.29, 1.82) is 5.26 Å². The van der Waals surface area contributed by atoms with Gasteiger partial charge in [0, 0.05) is 24.2 Å². The molecule has 0 heterocycles. The Morgan fingerprint density at radius 1 is 1.52 bits per heavy atom. The minimum Gasteiger partial charge on any atom is -0.339 e. The average molecular weight is 326 g/mol. The molecule has 0 bridgehead atoms. The van der Waals surface area contributed by atoms with Crippen molar-refractivity contribution in [2.75, 3.05) is 19.1 Å². The number of nitrogens with zero attached hydrogens (tertiary/aromatic N) is 2. The molecular weight excluding hydrogens is 310 g/mol. The lowest BCUT2D eigenvalue weighted by Crippen LogP contribution is -2.47.